The van der Waals surface area contributed by atoms with E-state index < -0.39 is 0 Å². The van der Waals surface area contributed by atoms with E-state index in [1.54, 1.807) is 4.57 Å². The Morgan fingerprint density at radius 2 is 0.837 bits per heavy atom. The minimum absolute atomic E-state index is 0.115. The van der Waals surface area contributed by atoms with Gasteiger partial charge in [0, 0.05) is 21.9 Å². The number of para-hydroxylation sites is 1. The molecule has 0 atom stereocenters. The molecule has 230 valence electrons. The fourth-order valence-electron chi connectivity index (χ4n) is 6.39. The van der Waals surface area contributed by atoms with E-state index in [0.717, 1.165) is 44.5 Å². The van der Waals surface area contributed by atoms with Crippen LogP contribution in [0.4, 0.5) is 0 Å². The zero-order chi connectivity index (χ0) is 36.1. The first-order valence-corrected chi connectivity index (χ1v) is 16.1. The molecule has 2 heterocycles. The second kappa shape index (κ2) is 12.2. The summed E-state index contributed by atoms with van der Waals surface area (Å²) in [6.07, 6.45) is 0. The molecule has 0 unspecified atom stereocenters. The van der Waals surface area contributed by atoms with Gasteiger partial charge in [-0.2, -0.15) is 9.97 Å². The summed E-state index contributed by atoms with van der Waals surface area (Å²) in [4.78, 5) is 14.9. The number of rotatable bonds is 6. The van der Waals surface area contributed by atoms with Crippen molar-refractivity contribution in [2.24, 2.45) is 0 Å². The fourth-order valence-corrected chi connectivity index (χ4v) is 6.39. The second-order valence-electron chi connectivity index (χ2n) is 11.8. The smallest absolute Gasteiger partial charge is 0.238 e. The highest BCUT2D eigenvalue weighted by Crippen LogP contribution is 2.37. The Morgan fingerprint density at radius 3 is 1.37 bits per heavy atom. The third-order valence-corrected chi connectivity index (χ3v) is 8.77. The predicted molar refractivity (Wildman–Crippen MR) is 201 cm³/mol. The molecule has 9 rings (SSSR count). The number of fused-ring (bicyclic) bond motifs is 3. The molecule has 7 aromatic carbocycles. The topological polar surface area (TPSA) is 43.6 Å². The summed E-state index contributed by atoms with van der Waals surface area (Å²) in [6, 6.07) is 51.6. The lowest BCUT2D eigenvalue weighted by atomic mass is 9.93. The average molecular weight is 631 g/mol. The van der Waals surface area contributed by atoms with Crippen molar-refractivity contribution >= 4 is 21.8 Å². The maximum atomic E-state index is 9.17. The van der Waals surface area contributed by atoms with Crippen LogP contribution in [-0.4, -0.2) is 19.5 Å². The van der Waals surface area contributed by atoms with Crippen molar-refractivity contribution in [2.75, 3.05) is 0 Å². The van der Waals surface area contributed by atoms with Crippen LogP contribution in [0.25, 0.3) is 83.9 Å². The number of benzene rings is 7. The van der Waals surface area contributed by atoms with Crippen molar-refractivity contribution < 1.29 is 5.48 Å². The average Bonchev–Trinajstić information content (AvgIpc) is 3.58. The van der Waals surface area contributed by atoms with Gasteiger partial charge in [-0.1, -0.05) is 152 Å². The largest absolute Gasteiger partial charge is 0.278 e. The first-order chi connectivity index (χ1) is 25.9. The molecule has 0 aliphatic rings. The highest BCUT2D eigenvalue weighted by atomic mass is 15.2. The fraction of sp³-hybridized carbons (Fsp3) is 0. The third kappa shape index (κ3) is 5.35. The van der Waals surface area contributed by atoms with Crippen molar-refractivity contribution in [2.45, 2.75) is 0 Å². The minimum atomic E-state index is -0.324. The van der Waals surface area contributed by atoms with Crippen LogP contribution in [0, 0.1) is 0 Å². The Labute approximate surface area is 290 Å². The molecule has 4 nitrogen and oxygen atoms in total. The second-order valence-corrected chi connectivity index (χ2v) is 11.8. The van der Waals surface area contributed by atoms with Crippen LogP contribution >= 0.6 is 0 Å². The number of hydrogen-bond acceptors (Lipinski definition) is 3. The molecule has 0 radical (unpaired) electrons. The monoisotopic (exact) mass is 630 g/mol. The van der Waals surface area contributed by atoms with E-state index in [9.17, 15) is 0 Å². The van der Waals surface area contributed by atoms with Gasteiger partial charge in [0.05, 0.1) is 16.5 Å². The van der Waals surface area contributed by atoms with Gasteiger partial charge < -0.3 is 0 Å². The summed E-state index contributed by atoms with van der Waals surface area (Å²) < 4.78 is 37.2. The van der Waals surface area contributed by atoms with Crippen molar-refractivity contribution in [3.8, 4) is 62.1 Å². The molecular formula is C45H30N4. The molecule has 0 amide bonds. The van der Waals surface area contributed by atoms with Crippen LogP contribution in [0.5, 0.6) is 0 Å². The van der Waals surface area contributed by atoms with Crippen LogP contribution in [-0.2, 0) is 0 Å². The Bertz CT molecular complexity index is 2690. The molecule has 0 fully saturated rings. The van der Waals surface area contributed by atoms with E-state index in [1.165, 1.54) is 0 Å². The van der Waals surface area contributed by atoms with Gasteiger partial charge in [0.25, 0.3) is 0 Å². The van der Waals surface area contributed by atoms with Crippen LogP contribution in [0.2, 0.25) is 0 Å². The zero-order valence-electron chi connectivity index (χ0n) is 30.3. The Kier molecular flexibility index (Phi) is 6.09. The lowest BCUT2D eigenvalue weighted by molar-refractivity contribution is 0.953. The summed E-state index contributed by atoms with van der Waals surface area (Å²) in [7, 11) is 0. The molecule has 0 spiro atoms. The van der Waals surface area contributed by atoms with Gasteiger partial charge in [-0.3, -0.25) is 4.57 Å². The molecule has 2 aromatic heterocycles. The summed E-state index contributed by atoms with van der Waals surface area (Å²) >= 11 is 0. The molecular weight excluding hydrogens is 597 g/mol. The molecule has 4 heteroatoms. The Morgan fingerprint density at radius 1 is 0.367 bits per heavy atom. The van der Waals surface area contributed by atoms with Gasteiger partial charge in [-0.25, -0.2) is 4.98 Å². The summed E-state index contributed by atoms with van der Waals surface area (Å²) in [5, 5.41) is 1.07. The molecule has 0 bridgehead atoms. The normalized spacial score (nSPS) is 12.4. The van der Waals surface area contributed by atoms with E-state index in [0.29, 0.717) is 33.5 Å². The standard InChI is InChI=1S/C45H30N4/c1-5-15-31(16-6-1)36-27-37(32-17-7-2-8-18-32)29-38(28-36)35-25-26-40-39-23-13-14-24-41(39)49(42(40)30-35)45-47-43(33-19-9-3-10-20-33)46-44(48-45)34-21-11-4-12-22-34/h1-30H/i13D,14D,23D,24D. The molecule has 9 aromatic rings. The van der Waals surface area contributed by atoms with Crippen LogP contribution in [0.1, 0.15) is 5.48 Å². The Balaban J connectivity index is 1.36. The van der Waals surface area contributed by atoms with Gasteiger partial charge in [0.15, 0.2) is 11.6 Å². The zero-order valence-corrected chi connectivity index (χ0v) is 26.3. The number of hydrogen-bond donors (Lipinski definition) is 0. The maximum absolute atomic E-state index is 9.17. The van der Waals surface area contributed by atoms with E-state index >= 15 is 0 Å². The predicted octanol–water partition coefficient (Wildman–Crippen LogP) is 11.3. The lowest BCUT2D eigenvalue weighted by Crippen LogP contribution is -2.06. The molecule has 0 saturated carbocycles. The minimum Gasteiger partial charge on any atom is -0.278 e. The first-order valence-electron chi connectivity index (χ1n) is 18.1. The van der Waals surface area contributed by atoms with Crippen molar-refractivity contribution in [1.29, 1.82) is 0 Å². The van der Waals surface area contributed by atoms with E-state index in [1.807, 2.05) is 115 Å². The first kappa shape index (κ1) is 24.5. The highest BCUT2D eigenvalue weighted by molar-refractivity contribution is 6.10. The summed E-state index contributed by atoms with van der Waals surface area (Å²) in [5.41, 5.74) is 8.76. The number of aromatic nitrogens is 4. The summed E-state index contributed by atoms with van der Waals surface area (Å²) in [6.45, 7) is 0. The van der Waals surface area contributed by atoms with Crippen molar-refractivity contribution in [1.82, 2.24) is 19.5 Å². The Hall–Kier alpha value is -6.65. The number of nitrogens with zero attached hydrogens (tertiary/aromatic N) is 4. The van der Waals surface area contributed by atoms with Gasteiger partial charge in [0.2, 0.25) is 5.95 Å². The van der Waals surface area contributed by atoms with E-state index in [4.69, 9.17) is 20.4 Å². The van der Waals surface area contributed by atoms with Crippen LogP contribution < -0.4 is 0 Å². The van der Waals surface area contributed by atoms with E-state index in [2.05, 4.69) is 42.5 Å². The van der Waals surface area contributed by atoms with Gasteiger partial charge in [0.1, 0.15) is 0 Å². The lowest BCUT2D eigenvalue weighted by Gasteiger charge is -2.13. The molecule has 0 N–H and O–H groups in total. The quantitative estimate of drug-likeness (QED) is 0.184. The third-order valence-electron chi connectivity index (χ3n) is 8.77. The van der Waals surface area contributed by atoms with Crippen molar-refractivity contribution in [3.63, 3.8) is 0 Å². The van der Waals surface area contributed by atoms with Gasteiger partial charge >= 0.3 is 0 Å². The van der Waals surface area contributed by atoms with E-state index in [-0.39, 0.29) is 30.1 Å². The van der Waals surface area contributed by atoms with Crippen molar-refractivity contribution in [3.05, 3.63) is 182 Å². The van der Waals surface area contributed by atoms with Gasteiger partial charge in [-0.15, -0.1) is 0 Å². The van der Waals surface area contributed by atoms with Crippen LogP contribution in [0.15, 0.2) is 182 Å². The summed E-state index contributed by atoms with van der Waals surface area (Å²) in [5.74, 6) is 1.15. The van der Waals surface area contributed by atoms with Crippen LogP contribution in [0.3, 0.4) is 0 Å². The molecule has 0 aliphatic heterocycles. The molecule has 49 heavy (non-hydrogen) atoms. The molecule has 0 saturated heterocycles. The van der Waals surface area contributed by atoms with Gasteiger partial charge in [-0.05, 0) is 63.7 Å². The highest BCUT2D eigenvalue weighted by Gasteiger charge is 2.19. The SMILES string of the molecule is [2H]c1c([2H])c([2H])c2c(c1[2H])c1ccc(-c3cc(-c4ccccc4)cc(-c4ccccc4)c3)cc1n2-c1nc(-c2ccccc2)nc(-c2ccccc2)n1. The maximum Gasteiger partial charge on any atom is 0.238 e. The molecule has 0 aliphatic carbocycles.